The predicted octanol–water partition coefficient (Wildman–Crippen LogP) is 1.77. The topological polar surface area (TPSA) is 26.0 Å². The molecule has 0 aromatic rings. The van der Waals surface area contributed by atoms with E-state index in [1.165, 1.54) is 25.7 Å². The van der Waals surface area contributed by atoms with Crippen LogP contribution < -0.4 is 5.73 Å². The summed E-state index contributed by atoms with van der Waals surface area (Å²) in [5.74, 6) is 0.781. The van der Waals surface area contributed by atoms with Crippen molar-refractivity contribution in [1.82, 2.24) is 0 Å². The van der Waals surface area contributed by atoms with E-state index in [0.717, 1.165) is 5.92 Å². The summed E-state index contributed by atoms with van der Waals surface area (Å²) in [4.78, 5) is 0. The van der Waals surface area contributed by atoms with E-state index < -0.39 is 0 Å². The molecule has 1 fully saturated rings. The lowest BCUT2D eigenvalue weighted by Gasteiger charge is -2.24. The van der Waals surface area contributed by atoms with E-state index in [1.54, 1.807) is 0 Å². The molecule has 0 amide bonds. The highest BCUT2D eigenvalue weighted by atomic mass is 14.6. The lowest BCUT2D eigenvalue weighted by molar-refractivity contribution is 0.331. The van der Waals surface area contributed by atoms with E-state index in [0.29, 0.717) is 6.04 Å². The van der Waals surface area contributed by atoms with Gasteiger partial charge in [-0.1, -0.05) is 19.8 Å². The molecule has 0 heterocycles. The van der Waals surface area contributed by atoms with Gasteiger partial charge in [0.05, 0.1) is 0 Å². The van der Waals surface area contributed by atoms with Gasteiger partial charge in [-0.15, -0.1) is 0 Å². The minimum absolute atomic E-state index is 0. The van der Waals surface area contributed by atoms with Crippen LogP contribution in [0.4, 0.5) is 0 Å². The van der Waals surface area contributed by atoms with Crippen LogP contribution in [0.15, 0.2) is 0 Å². The zero-order valence-electron chi connectivity index (χ0n) is 5.56. The van der Waals surface area contributed by atoms with Crippen LogP contribution >= 0.6 is 0 Å². The third kappa shape index (κ3) is 1.22. The van der Waals surface area contributed by atoms with E-state index in [1.807, 2.05) is 0 Å². The van der Waals surface area contributed by atoms with Crippen LogP contribution in [-0.4, -0.2) is 6.04 Å². The van der Waals surface area contributed by atoms with E-state index in [4.69, 9.17) is 5.73 Å². The molecule has 1 heteroatoms. The van der Waals surface area contributed by atoms with E-state index >= 15 is 0 Å². The van der Waals surface area contributed by atoms with Crippen molar-refractivity contribution in [3.05, 3.63) is 0 Å². The molecule has 0 radical (unpaired) electrons. The third-order valence-electron chi connectivity index (χ3n) is 2.18. The molecule has 2 atom stereocenters. The molecule has 0 aromatic heterocycles. The van der Waals surface area contributed by atoms with Gasteiger partial charge in [-0.3, -0.25) is 0 Å². The summed E-state index contributed by atoms with van der Waals surface area (Å²) >= 11 is 0. The number of rotatable bonds is 0. The highest BCUT2D eigenvalue weighted by molar-refractivity contribution is 4.73. The van der Waals surface area contributed by atoms with E-state index in [-0.39, 0.29) is 1.43 Å². The molecule has 1 nitrogen and oxygen atoms in total. The van der Waals surface area contributed by atoms with E-state index in [9.17, 15) is 0 Å². The number of hydrogen-bond acceptors (Lipinski definition) is 1. The first-order valence-corrected chi connectivity index (χ1v) is 3.56. The van der Waals surface area contributed by atoms with Crippen LogP contribution in [0.3, 0.4) is 0 Å². The highest BCUT2D eigenvalue weighted by Gasteiger charge is 2.15. The van der Waals surface area contributed by atoms with Gasteiger partial charge in [-0.05, 0) is 18.8 Å². The third-order valence-corrected chi connectivity index (χ3v) is 2.18. The summed E-state index contributed by atoms with van der Waals surface area (Å²) in [6, 6.07) is 0.503. The molecule has 50 valence electrons. The Balaban J connectivity index is 0.000000640. The van der Waals surface area contributed by atoms with Crippen molar-refractivity contribution in [3.63, 3.8) is 0 Å². The molecule has 1 aliphatic rings. The van der Waals surface area contributed by atoms with Crippen molar-refractivity contribution in [2.24, 2.45) is 11.7 Å². The Morgan fingerprint density at radius 2 is 2.00 bits per heavy atom. The zero-order chi connectivity index (χ0) is 5.98. The molecule has 0 spiro atoms. The predicted molar refractivity (Wildman–Crippen MR) is 37.7 cm³/mol. The second-order valence-corrected chi connectivity index (χ2v) is 2.93. The Bertz CT molecular complexity index is 65.3. The van der Waals surface area contributed by atoms with Crippen LogP contribution in [0.1, 0.15) is 34.0 Å². The van der Waals surface area contributed by atoms with Gasteiger partial charge in [0.1, 0.15) is 0 Å². The molecule has 0 aliphatic heterocycles. The molecule has 1 saturated carbocycles. The summed E-state index contributed by atoms with van der Waals surface area (Å²) in [5.41, 5.74) is 5.78. The standard InChI is InChI=1S/C7H15N.H2/c1-6-4-2-3-5-7(6)8;/h6-7H,2-5,8H2,1H3;1H/t6-,7+;/m0./s1. The first-order chi connectivity index (χ1) is 3.80. The van der Waals surface area contributed by atoms with Gasteiger partial charge in [-0.2, -0.15) is 0 Å². The van der Waals surface area contributed by atoms with Gasteiger partial charge < -0.3 is 5.73 Å². The average molecular weight is 115 g/mol. The Hall–Kier alpha value is -0.0400. The fourth-order valence-electron chi connectivity index (χ4n) is 1.34. The van der Waals surface area contributed by atoms with Gasteiger partial charge in [-0.25, -0.2) is 0 Å². The van der Waals surface area contributed by atoms with Crippen LogP contribution in [-0.2, 0) is 0 Å². The SMILES string of the molecule is C[C@H]1CCCC[C@H]1N.[HH]. The molecular formula is C7H17N. The summed E-state index contributed by atoms with van der Waals surface area (Å²) < 4.78 is 0. The Morgan fingerprint density at radius 3 is 2.38 bits per heavy atom. The first kappa shape index (κ1) is 6.09. The Kier molecular flexibility index (Phi) is 1.90. The van der Waals surface area contributed by atoms with Gasteiger partial charge >= 0.3 is 0 Å². The van der Waals surface area contributed by atoms with Gasteiger partial charge in [0.2, 0.25) is 0 Å². The lowest BCUT2D eigenvalue weighted by atomic mass is 9.87. The molecule has 0 bridgehead atoms. The van der Waals surface area contributed by atoms with Gasteiger partial charge in [0, 0.05) is 7.47 Å². The molecule has 8 heavy (non-hydrogen) atoms. The molecule has 0 saturated heterocycles. The van der Waals surface area contributed by atoms with Crippen LogP contribution in [0.25, 0.3) is 0 Å². The molecule has 1 aliphatic carbocycles. The Labute approximate surface area is 52.7 Å². The summed E-state index contributed by atoms with van der Waals surface area (Å²) in [6.45, 7) is 2.25. The van der Waals surface area contributed by atoms with E-state index in [2.05, 4.69) is 6.92 Å². The highest BCUT2D eigenvalue weighted by Crippen LogP contribution is 2.21. The first-order valence-electron chi connectivity index (χ1n) is 3.56. The largest absolute Gasteiger partial charge is 0.327 e. The lowest BCUT2D eigenvalue weighted by Crippen LogP contribution is -2.30. The fourth-order valence-corrected chi connectivity index (χ4v) is 1.34. The minimum Gasteiger partial charge on any atom is -0.327 e. The quantitative estimate of drug-likeness (QED) is 0.511. The van der Waals surface area contributed by atoms with Crippen molar-refractivity contribution < 1.29 is 1.43 Å². The Morgan fingerprint density at radius 1 is 1.38 bits per heavy atom. The van der Waals surface area contributed by atoms with Crippen molar-refractivity contribution >= 4 is 0 Å². The number of hydrogen-bond donors (Lipinski definition) is 1. The van der Waals surface area contributed by atoms with Crippen LogP contribution in [0.5, 0.6) is 0 Å². The second-order valence-electron chi connectivity index (χ2n) is 2.93. The fraction of sp³-hybridized carbons (Fsp3) is 1.00. The maximum atomic E-state index is 5.78. The van der Waals surface area contributed by atoms with Crippen molar-refractivity contribution in [3.8, 4) is 0 Å². The molecule has 1 rings (SSSR count). The van der Waals surface area contributed by atoms with Crippen LogP contribution in [0.2, 0.25) is 0 Å². The normalized spacial score (nSPS) is 39.8. The summed E-state index contributed by atoms with van der Waals surface area (Å²) in [6.07, 6.45) is 5.35. The summed E-state index contributed by atoms with van der Waals surface area (Å²) in [5, 5.41) is 0. The average Bonchev–Trinajstić information content (AvgIpc) is 1.77. The molecular weight excluding hydrogens is 98.1 g/mol. The smallest absolute Gasteiger partial charge is 0.00645 e. The maximum absolute atomic E-state index is 5.78. The van der Waals surface area contributed by atoms with Crippen molar-refractivity contribution in [2.75, 3.05) is 0 Å². The number of nitrogens with two attached hydrogens (primary N) is 1. The minimum atomic E-state index is 0. The van der Waals surface area contributed by atoms with Crippen molar-refractivity contribution in [2.45, 2.75) is 38.6 Å². The van der Waals surface area contributed by atoms with Gasteiger partial charge in [0.25, 0.3) is 0 Å². The molecule has 0 unspecified atom stereocenters. The monoisotopic (exact) mass is 115 g/mol. The molecule has 0 aromatic carbocycles. The molecule has 2 N–H and O–H groups in total. The zero-order valence-corrected chi connectivity index (χ0v) is 5.56. The van der Waals surface area contributed by atoms with Crippen LogP contribution in [0, 0.1) is 5.92 Å². The second kappa shape index (κ2) is 2.49. The van der Waals surface area contributed by atoms with Crippen molar-refractivity contribution in [1.29, 1.82) is 0 Å². The van der Waals surface area contributed by atoms with Gasteiger partial charge in [0.15, 0.2) is 0 Å². The maximum Gasteiger partial charge on any atom is 0.00645 e. The summed E-state index contributed by atoms with van der Waals surface area (Å²) in [7, 11) is 0.